The second kappa shape index (κ2) is 4.22. The van der Waals surface area contributed by atoms with Gasteiger partial charge in [0.1, 0.15) is 11.9 Å². The van der Waals surface area contributed by atoms with Gasteiger partial charge < -0.3 is 10.6 Å². The zero-order valence-corrected chi connectivity index (χ0v) is 9.38. The third-order valence-electron chi connectivity index (χ3n) is 2.58. The van der Waals surface area contributed by atoms with Crippen LogP contribution in [0.15, 0.2) is 18.2 Å². The van der Waals surface area contributed by atoms with Crippen LogP contribution in [0.2, 0.25) is 0 Å². The molecule has 2 rings (SSSR count). The Labute approximate surface area is 94.0 Å². The molecule has 0 aliphatic carbocycles. The van der Waals surface area contributed by atoms with Crippen LogP contribution in [0, 0.1) is 11.7 Å². The molecule has 86 valence electrons. The van der Waals surface area contributed by atoms with Gasteiger partial charge in [0.05, 0.1) is 0 Å². The van der Waals surface area contributed by atoms with Crippen molar-refractivity contribution in [3.05, 3.63) is 29.6 Å². The van der Waals surface area contributed by atoms with Crippen molar-refractivity contribution in [1.82, 2.24) is 5.32 Å². The molecule has 1 aromatic carbocycles. The maximum atomic E-state index is 13.0. The molecule has 3 nitrogen and oxygen atoms in total. The molecule has 0 radical (unpaired) electrons. The first-order valence-corrected chi connectivity index (χ1v) is 5.41. The van der Waals surface area contributed by atoms with E-state index in [1.807, 2.05) is 0 Å². The number of hydrogen-bond acceptors (Lipinski definition) is 2. The van der Waals surface area contributed by atoms with Crippen LogP contribution in [0.3, 0.4) is 0 Å². The van der Waals surface area contributed by atoms with Crippen molar-refractivity contribution in [3.63, 3.8) is 0 Å². The molecular formula is C12H15FN2O. The van der Waals surface area contributed by atoms with Crippen LogP contribution in [0.4, 0.5) is 10.1 Å². The number of nitrogens with one attached hydrogen (secondary N) is 2. The summed E-state index contributed by atoms with van der Waals surface area (Å²) >= 11 is 0. The van der Waals surface area contributed by atoms with Crippen molar-refractivity contribution in [2.75, 3.05) is 11.9 Å². The van der Waals surface area contributed by atoms with E-state index >= 15 is 0 Å². The van der Waals surface area contributed by atoms with E-state index < -0.39 is 0 Å². The molecule has 1 aromatic rings. The van der Waals surface area contributed by atoms with Gasteiger partial charge in [-0.25, -0.2) is 4.39 Å². The third kappa shape index (κ3) is 2.07. The van der Waals surface area contributed by atoms with Crippen molar-refractivity contribution >= 4 is 11.6 Å². The van der Waals surface area contributed by atoms with Gasteiger partial charge in [0, 0.05) is 11.3 Å². The van der Waals surface area contributed by atoms with Gasteiger partial charge in [0.15, 0.2) is 0 Å². The van der Waals surface area contributed by atoms with Gasteiger partial charge in [0.25, 0.3) is 0 Å². The fourth-order valence-electron chi connectivity index (χ4n) is 1.79. The first-order chi connectivity index (χ1) is 7.58. The Morgan fingerprint density at radius 2 is 2.25 bits per heavy atom. The van der Waals surface area contributed by atoms with Crippen molar-refractivity contribution in [1.29, 1.82) is 0 Å². The van der Waals surface area contributed by atoms with E-state index in [-0.39, 0.29) is 17.8 Å². The highest BCUT2D eigenvalue weighted by atomic mass is 19.1. The molecule has 2 N–H and O–H groups in total. The van der Waals surface area contributed by atoms with E-state index in [2.05, 4.69) is 24.5 Å². The molecule has 0 aromatic heterocycles. The Morgan fingerprint density at radius 1 is 1.50 bits per heavy atom. The topological polar surface area (TPSA) is 41.1 Å². The Balaban J connectivity index is 2.19. The lowest BCUT2D eigenvalue weighted by Crippen LogP contribution is -2.30. The number of benzene rings is 1. The van der Waals surface area contributed by atoms with Crippen LogP contribution in [-0.2, 0) is 4.79 Å². The summed E-state index contributed by atoms with van der Waals surface area (Å²) in [5.74, 6) is 0.0297. The monoisotopic (exact) mass is 222 g/mol. The molecule has 1 aliphatic rings. The number of rotatable bonds is 3. The van der Waals surface area contributed by atoms with Crippen LogP contribution >= 0.6 is 0 Å². The molecule has 0 saturated heterocycles. The number of fused-ring (bicyclic) bond motifs is 1. The van der Waals surface area contributed by atoms with Crippen LogP contribution in [0.25, 0.3) is 0 Å². The standard InChI is InChI=1S/C12H15FN2O/c1-7(2)6-14-11-9-4-3-8(13)5-10(9)15-12(11)16/h3-5,7,11,14H,6H2,1-2H3,(H,15,16). The zero-order valence-electron chi connectivity index (χ0n) is 9.38. The maximum Gasteiger partial charge on any atom is 0.246 e. The molecule has 1 amide bonds. The predicted octanol–water partition coefficient (Wildman–Crippen LogP) is 2.06. The van der Waals surface area contributed by atoms with E-state index in [4.69, 9.17) is 0 Å². The summed E-state index contributed by atoms with van der Waals surface area (Å²) in [5.41, 5.74) is 1.40. The number of carbonyl (C=O) groups is 1. The summed E-state index contributed by atoms with van der Waals surface area (Å²) in [7, 11) is 0. The van der Waals surface area contributed by atoms with E-state index in [9.17, 15) is 9.18 Å². The van der Waals surface area contributed by atoms with Gasteiger partial charge >= 0.3 is 0 Å². The molecule has 1 atom stereocenters. The third-order valence-corrected chi connectivity index (χ3v) is 2.58. The summed E-state index contributed by atoms with van der Waals surface area (Å²) in [6.07, 6.45) is 0. The van der Waals surface area contributed by atoms with Crippen molar-refractivity contribution in [3.8, 4) is 0 Å². The summed E-state index contributed by atoms with van der Waals surface area (Å²) in [5, 5.41) is 5.84. The lowest BCUT2D eigenvalue weighted by atomic mass is 10.1. The highest BCUT2D eigenvalue weighted by Crippen LogP contribution is 2.31. The van der Waals surface area contributed by atoms with Gasteiger partial charge in [-0.1, -0.05) is 19.9 Å². The summed E-state index contributed by atoms with van der Waals surface area (Å²) in [6, 6.07) is 4.03. The van der Waals surface area contributed by atoms with Crippen molar-refractivity contribution in [2.24, 2.45) is 5.92 Å². The maximum absolute atomic E-state index is 13.0. The lowest BCUT2D eigenvalue weighted by Gasteiger charge is -2.13. The van der Waals surface area contributed by atoms with Crippen molar-refractivity contribution < 1.29 is 9.18 Å². The SMILES string of the molecule is CC(C)CNC1C(=O)Nc2cc(F)ccc21. The number of hydrogen-bond donors (Lipinski definition) is 2. The van der Waals surface area contributed by atoms with Crippen LogP contribution in [0.5, 0.6) is 0 Å². The molecule has 0 saturated carbocycles. The molecular weight excluding hydrogens is 207 g/mol. The number of halogens is 1. The summed E-state index contributed by atoms with van der Waals surface area (Å²) in [6.45, 7) is 4.91. The van der Waals surface area contributed by atoms with Gasteiger partial charge in [-0.15, -0.1) is 0 Å². The Morgan fingerprint density at radius 3 is 2.94 bits per heavy atom. The van der Waals surface area contributed by atoms with Gasteiger partial charge in [-0.3, -0.25) is 4.79 Å². The Bertz CT molecular complexity index is 417. The van der Waals surface area contributed by atoms with E-state index in [0.717, 1.165) is 12.1 Å². The Kier molecular flexibility index (Phi) is 2.92. The van der Waals surface area contributed by atoms with Crippen LogP contribution < -0.4 is 10.6 Å². The quantitative estimate of drug-likeness (QED) is 0.822. The molecule has 0 spiro atoms. The van der Waals surface area contributed by atoms with Crippen LogP contribution in [0.1, 0.15) is 25.5 Å². The first kappa shape index (κ1) is 11.1. The molecule has 1 heterocycles. The number of anilines is 1. The molecule has 16 heavy (non-hydrogen) atoms. The van der Waals surface area contributed by atoms with Gasteiger partial charge in [-0.05, 0) is 24.6 Å². The molecule has 1 unspecified atom stereocenters. The average Bonchev–Trinajstić information content (AvgIpc) is 2.50. The number of carbonyl (C=O) groups excluding carboxylic acids is 1. The highest BCUT2D eigenvalue weighted by Gasteiger charge is 2.30. The minimum absolute atomic E-state index is 0.110. The minimum atomic E-state index is -0.349. The summed E-state index contributed by atoms with van der Waals surface area (Å²) < 4.78 is 13.0. The van der Waals surface area contributed by atoms with Gasteiger partial charge in [-0.2, -0.15) is 0 Å². The van der Waals surface area contributed by atoms with Crippen molar-refractivity contribution in [2.45, 2.75) is 19.9 Å². The molecule has 4 heteroatoms. The Hall–Kier alpha value is -1.42. The minimum Gasteiger partial charge on any atom is -0.324 e. The summed E-state index contributed by atoms with van der Waals surface area (Å²) in [4.78, 5) is 11.7. The highest BCUT2D eigenvalue weighted by molar-refractivity contribution is 6.02. The normalized spacial score (nSPS) is 18.8. The fourth-order valence-corrected chi connectivity index (χ4v) is 1.79. The molecule has 0 bridgehead atoms. The van der Waals surface area contributed by atoms with E-state index in [0.29, 0.717) is 11.6 Å². The first-order valence-electron chi connectivity index (χ1n) is 5.41. The number of amides is 1. The molecule has 1 aliphatic heterocycles. The van der Waals surface area contributed by atoms with E-state index in [1.54, 1.807) is 6.07 Å². The second-order valence-corrected chi connectivity index (χ2v) is 4.46. The van der Waals surface area contributed by atoms with E-state index in [1.165, 1.54) is 12.1 Å². The largest absolute Gasteiger partial charge is 0.324 e. The van der Waals surface area contributed by atoms with Gasteiger partial charge in [0.2, 0.25) is 5.91 Å². The smallest absolute Gasteiger partial charge is 0.246 e. The second-order valence-electron chi connectivity index (χ2n) is 4.46. The lowest BCUT2D eigenvalue weighted by molar-refractivity contribution is -0.117. The fraction of sp³-hybridized carbons (Fsp3) is 0.417. The average molecular weight is 222 g/mol. The molecule has 0 fully saturated rings. The predicted molar refractivity (Wildman–Crippen MR) is 60.6 cm³/mol. The van der Waals surface area contributed by atoms with Crippen LogP contribution in [-0.4, -0.2) is 12.5 Å². The zero-order chi connectivity index (χ0) is 11.7.